The van der Waals surface area contributed by atoms with Crippen molar-refractivity contribution in [2.75, 3.05) is 36.1 Å². The number of thioether (sulfide) groups is 1. The monoisotopic (exact) mass is 582 g/mol. The Morgan fingerprint density at radius 3 is 2.18 bits per heavy atom. The van der Waals surface area contributed by atoms with Crippen LogP contribution in [0.3, 0.4) is 0 Å². The fourth-order valence-electron chi connectivity index (χ4n) is 4.56. The highest BCUT2D eigenvalue weighted by Crippen LogP contribution is 2.46. The fraction of sp³-hybridized carbons (Fsp3) is 0.138. The lowest BCUT2D eigenvalue weighted by Gasteiger charge is -2.28. The Bertz CT molecular complexity index is 1540. The van der Waals surface area contributed by atoms with Crippen molar-refractivity contribution < 1.29 is 4.74 Å². The van der Waals surface area contributed by atoms with Gasteiger partial charge >= 0.3 is 0 Å². The van der Waals surface area contributed by atoms with E-state index in [9.17, 15) is 5.26 Å². The summed E-state index contributed by atoms with van der Waals surface area (Å²) in [6, 6.07) is 30.7. The van der Waals surface area contributed by atoms with Crippen LogP contribution in [0.2, 0.25) is 0 Å². The fourth-order valence-corrected chi connectivity index (χ4v) is 5.86. The maximum atomic E-state index is 10.6. The van der Waals surface area contributed by atoms with Crippen molar-refractivity contribution in [3.05, 3.63) is 111 Å². The number of allylic oxidation sites excluding steroid dienone is 1. The van der Waals surface area contributed by atoms with Crippen molar-refractivity contribution in [1.82, 2.24) is 14.8 Å². The summed E-state index contributed by atoms with van der Waals surface area (Å²) in [5.74, 6) is 1.22. The molecule has 0 radical (unpaired) electrons. The van der Waals surface area contributed by atoms with Crippen molar-refractivity contribution in [2.24, 2.45) is 0 Å². The molecule has 1 aromatic heterocycles. The number of hydrogen-bond donors (Lipinski definition) is 0. The second-order valence-corrected chi connectivity index (χ2v) is 10.5. The van der Waals surface area contributed by atoms with Crippen LogP contribution in [0.5, 0.6) is 0 Å². The lowest BCUT2D eigenvalue weighted by atomic mass is 10.1. The van der Waals surface area contributed by atoms with Crippen molar-refractivity contribution in [3.8, 4) is 11.8 Å². The first kappa shape index (κ1) is 24.5. The molecule has 4 aromatic rings. The predicted octanol–water partition coefficient (Wildman–Crippen LogP) is 6.31. The third-order valence-corrected chi connectivity index (χ3v) is 7.86. The van der Waals surface area contributed by atoms with Crippen LogP contribution in [0, 0.1) is 11.3 Å². The molecule has 0 aliphatic carbocycles. The molecule has 2 aliphatic heterocycles. The number of nitrogens with zero attached hydrogens (tertiary/aromatic N) is 6. The summed E-state index contributed by atoms with van der Waals surface area (Å²) in [5.41, 5.74) is 4.37. The molecule has 0 saturated carbocycles. The van der Waals surface area contributed by atoms with Crippen LogP contribution in [0.25, 0.3) is 17.0 Å². The summed E-state index contributed by atoms with van der Waals surface area (Å²) in [4.78, 5) is 4.29. The van der Waals surface area contributed by atoms with Gasteiger partial charge in [0.05, 0.1) is 24.6 Å². The van der Waals surface area contributed by atoms with E-state index in [0.717, 1.165) is 32.1 Å². The highest BCUT2D eigenvalue weighted by Gasteiger charge is 2.31. The zero-order valence-corrected chi connectivity index (χ0v) is 22.8. The molecule has 6 rings (SSSR count). The minimum Gasteiger partial charge on any atom is -0.378 e. The summed E-state index contributed by atoms with van der Waals surface area (Å²) in [5, 5.41) is 22.7. The predicted molar refractivity (Wildman–Crippen MR) is 156 cm³/mol. The zero-order chi connectivity index (χ0) is 25.9. The van der Waals surface area contributed by atoms with Crippen LogP contribution in [0.4, 0.5) is 11.6 Å². The Kier molecular flexibility index (Phi) is 7.01. The molecule has 0 bridgehead atoms. The van der Waals surface area contributed by atoms with Gasteiger partial charge in [-0.05, 0) is 42.0 Å². The molecule has 1 saturated heterocycles. The van der Waals surface area contributed by atoms with E-state index in [1.165, 1.54) is 11.8 Å². The normalized spacial score (nSPS) is 16.8. The van der Waals surface area contributed by atoms with Crippen LogP contribution in [-0.2, 0) is 4.74 Å². The number of aromatic nitrogens is 3. The number of hydrogen-bond acceptors (Lipinski definition) is 7. The molecule has 38 heavy (non-hydrogen) atoms. The zero-order valence-electron chi connectivity index (χ0n) is 20.4. The second-order valence-electron chi connectivity index (χ2n) is 8.68. The Labute approximate surface area is 233 Å². The smallest absolute Gasteiger partial charge is 0.232 e. The van der Waals surface area contributed by atoms with E-state index in [4.69, 9.17) is 4.74 Å². The third-order valence-electron chi connectivity index (χ3n) is 6.38. The van der Waals surface area contributed by atoms with Gasteiger partial charge in [-0.25, -0.2) is 0 Å². The number of halogens is 1. The van der Waals surface area contributed by atoms with E-state index in [1.54, 1.807) is 0 Å². The molecule has 0 spiro atoms. The lowest BCUT2D eigenvalue weighted by Crippen LogP contribution is -2.38. The first-order valence-electron chi connectivity index (χ1n) is 12.2. The largest absolute Gasteiger partial charge is 0.378 e. The second kappa shape index (κ2) is 10.9. The number of morpholine rings is 1. The van der Waals surface area contributed by atoms with Crippen LogP contribution >= 0.6 is 27.7 Å². The number of anilines is 2. The van der Waals surface area contributed by atoms with Crippen molar-refractivity contribution in [3.63, 3.8) is 0 Å². The molecule has 1 fully saturated rings. The van der Waals surface area contributed by atoms with Gasteiger partial charge in [-0.3, -0.25) is 4.57 Å². The molecular formula is C29H23BrN6OS. The summed E-state index contributed by atoms with van der Waals surface area (Å²) in [6.45, 7) is 2.68. The quantitative estimate of drug-likeness (QED) is 0.255. The van der Waals surface area contributed by atoms with E-state index in [2.05, 4.69) is 71.7 Å². The maximum absolute atomic E-state index is 10.6. The van der Waals surface area contributed by atoms with Gasteiger partial charge in [0, 0.05) is 28.7 Å². The van der Waals surface area contributed by atoms with Gasteiger partial charge in [-0.1, -0.05) is 76.2 Å². The highest BCUT2D eigenvalue weighted by atomic mass is 79.9. The van der Waals surface area contributed by atoms with Crippen LogP contribution < -0.4 is 9.80 Å². The van der Waals surface area contributed by atoms with E-state index in [1.807, 2.05) is 65.2 Å². The molecule has 0 unspecified atom stereocenters. The lowest BCUT2D eigenvalue weighted by molar-refractivity contribution is 0.122. The van der Waals surface area contributed by atoms with E-state index >= 15 is 0 Å². The minimum atomic E-state index is 0.457. The maximum Gasteiger partial charge on any atom is 0.232 e. The first-order valence-corrected chi connectivity index (χ1v) is 13.9. The highest BCUT2D eigenvalue weighted by molar-refractivity contribution is 9.10. The SMILES string of the molecule is N#C/C(=C1\SC=C(c2ccc(Br)cc2)N1c1ccccc1)c1nnc(N2CCOCC2)n1-c1ccccc1. The summed E-state index contributed by atoms with van der Waals surface area (Å²) in [7, 11) is 0. The molecule has 0 amide bonds. The average molecular weight is 584 g/mol. The molecule has 0 N–H and O–H groups in total. The van der Waals surface area contributed by atoms with Crippen molar-refractivity contribution in [1.29, 1.82) is 5.26 Å². The summed E-state index contributed by atoms with van der Waals surface area (Å²) >= 11 is 5.06. The van der Waals surface area contributed by atoms with Crippen molar-refractivity contribution in [2.45, 2.75) is 0 Å². The van der Waals surface area contributed by atoms with Gasteiger partial charge in [0.15, 0.2) is 5.82 Å². The number of rotatable bonds is 5. The van der Waals surface area contributed by atoms with Gasteiger partial charge in [-0.15, -0.1) is 10.2 Å². The summed E-state index contributed by atoms with van der Waals surface area (Å²) in [6.07, 6.45) is 0. The molecule has 2 aliphatic rings. The summed E-state index contributed by atoms with van der Waals surface area (Å²) < 4.78 is 8.56. The van der Waals surface area contributed by atoms with Gasteiger partial charge < -0.3 is 14.5 Å². The Hall–Kier alpha value is -3.84. The third kappa shape index (κ3) is 4.63. The Balaban J connectivity index is 1.53. The number of benzene rings is 3. The van der Waals surface area contributed by atoms with Crippen LogP contribution in [0.15, 0.2) is 99.8 Å². The standard InChI is InChI=1S/C29H23BrN6OS/c30-22-13-11-21(12-14-22)26-20-38-28(35(26)23-7-3-1-4-8-23)25(19-31)27-32-33-29(34-15-17-37-18-16-34)36(27)24-9-5-2-6-10-24/h1-14,20H,15-18H2/b28-25+. The van der Waals surface area contributed by atoms with Crippen molar-refractivity contribution >= 4 is 50.6 Å². The average Bonchev–Trinajstić information content (AvgIpc) is 3.61. The topological polar surface area (TPSA) is 70.2 Å². The Morgan fingerprint density at radius 2 is 1.53 bits per heavy atom. The van der Waals surface area contributed by atoms with Gasteiger partial charge in [0.1, 0.15) is 16.7 Å². The number of nitriles is 1. The van der Waals surface area contributed by atoms with Crippen LogP contribution in [0.1, 0.15) is 11.4 Å². The number of ether oxygens (including phenoxy) is 1. The molecule has 0 atom stereocenters. The molecule has 188 valence electrons. The molecule has 3 aromatic carbocycles. The van der Waals surface area contributed by atoms with Gasteiger partial charge in [0.2, 0.25) is 5.95 Å². The van der Waals surface area contributed by atoms with E-state index in [0.29, 0.717) is 43.6 Å². The van der Waals surface area contributed by atoms with E-state index in [-0.39, 0.29) is 0 Å². The molecule has 7 nitrogen and oxygen atoms in total. The number of para-hydroxylation sites is 2. The minimum absolute atomic E-state index is 0.457. The molecule has 9 heteroatoms. The van der Waals surface area contributed by atoms with E-state index < -0.39 is 0 Å². The van der Waals surface area contributed by atoms with Gasteiger partial charge in [0.25, 0.3) is 0 Å². The molecule has 3 heterocycles. The molecular weight excluding hydrogens is 560 g/mol. The Morgan fingerprint density at radius 1 is 0.868 bits per heavy atom. The first-order chi connectivity index (χ1) is 18.7. The van der Waals surface area contributed by atoms with Gasteiger partial charge in [-0.2, -0.15) is 5.26 Å². The van der Waals surface area contributed by atoms with Crippen LogP contribution in [-0.4, -0.2) is 41.1 Å².